The molecule has 0 bridgehead atoms. The van der Waals surface area contributed by atoms with Crippen LogP contribution >= 0.6 is 11.3 Å². The van der Waals surface area contributed by atoms with E-state index in [1.54, 1.807) is 29.4 Å². The number of nitrogens with zero attached hydrogens (tertiary/aromatic N) is 3. The Morgan fingerprint density at radius 2 is 1.90 bits per heavy atom. The van der Waals surface area contributed by atoms with Gasteiger partial charge in [0.15, 0.2) is 0 Å². The van der Waals surface area contributed by atoms with Crippen LogP contribution in [0, 0.1) is 6.92 Å². The molecule has 4 heterocycles. The van der Waals surface area contributed by atoms with Gasteiger partial charge in [-0.15, -0.1) is 11.3 Å². The SMILES string of the molecule is C=CC(=O)NC1CCCC(NC(=O)c2sc3nccc4c3c2NC(=O)N4c2cnc(Oc3ccccc3)cc2C)C1. The lowest BCUT2D eigenvalue weighted by atomic mass is 9.91. The maximum atomic E-state index is 13.5. The summed E-state index contributed by atoms with van der Waals surface area (Å²) in [5, 5.41) is 9.67. The molecule has 0 spiro atoms. The van der Waals surface area contributed by atoms with Crippen molar-refractivity contribution in [1.82, 2.24) is 20.6 Å². The van der Waals surface area contributed by atoms with Crippen LogP contribution < -0.4 is 25.6 Å². The Kier molecular flexibility index (Phi) is 7.10. The number of nitrogens with one attached hydrogen (secondary N) is 3. The number of carbonyl (C=O) groups is 3. The second-order valence-electron chi connectivity index (χ2n) is 10.1. The molecule has 10 nitrogen and oxygen atoms in total. The number of benzene rings is 1. The molecule has 11 heteroatoms. The Hall–Kier alpha value is -4.77. The summed E-state index contributed by atoms with van der Waals surface area (Å²) in [7, 11) is 0. The number of thiophene rings is 1. The van der Waals surface area contributed by atoms with E-state index in [9.17, 15) is 14.4 Å². The van der Waals surface area contributed by atoms with Gasteiger partial charge in [0.05, 0.1) is 28.6 Å². The Morgan fingerprint density at radius 3 is 2.66 bits per heavy atom. The molecule has 1 saturated carbocycles. The Balaban J connectivity index is 1.27. The fourth-order valence-electron chi connectivity index (χ4n) is 5.37. The fourth-order valence-corrected chi connectivity index (χ4v) is 6.39. The highest BCUT2D eigenvalue weighted by molar-refractivity contribution is 7.21. The van der Waals surface area contributed by atoms with E-state index in [2.05, 4.69) is 32.5 Å². The number of hydrogen-bond donors (Lipinski definition) is 3. The molecule has 0 radical (unpaired) electrons. The topological polar surface area (TPSA) is 126 Å². The largest absolute Gasteiger partial charge is 0.439 e. The van der Waals surface area contributed by atoms with Crippen molar-refractivity contribution in [2.45, 2.75) is 44.7 Å². The number of para-hydroxylation sites is 1. The number of urea groups is 1. The van der Waals surface area contributed by atoms with Gasteiger partial charge in [0, 0.05) is 24.3 Å². The number of hydrogen-bond acceptors (Lipinski definition) is 7. The van der Waals surface area contributed by atoms with E-state index in [1.807, 2.05) is 37.3 Å². The van der Waals surface area contributed by atoms with Crippen molar-refractivity contribution in [2.75, 3.05) is 10.2 Å². The molecule has 4 aromatic rings. The summed E-state index contributed by atoms with van der Waals surface area (Å²) in [6.07, 6.45) is 7.67. The van der Waals surface area contributed by atoms with Gasteiger partial charge in [-0.2, -0.15) is 0 Å². The predicted molar refractivity (Wildman–Crippen MR) is 158 cm³/mol. The second-order valence-corrected chi connectivity index (χ2v) is 11.1. The molecule has 41 heavy (non-hydrogen) atoms. The normalized spacial score (nSPS) is 18.0. The summed E-state index contributed by atoms with van der Waals surface area (Å²) < 4.78 is 5.86. The lowest BCUT2D eigenvalue weighted by molar-refractivity contribution is -0.117. The number of carbonyl (C=O) groups excluding carboxylic acids is 3. The summed E-state index contributed by atoms with van der Waals surface area (Å²) in [5.41, 5.74) is 2.45. The zero-order chi connectivity index (χ0) is 28.5. The van der Waals surface area contributed by atoms with Crippen molar-refractivity contribution in [3.8, 4) is 11.6 Å². The Morgan fingerprint density at radius 1 is 1.12 bits per heavy atom. The zero-order valence-electron chi connectivity index (χ0n) is 22.3. The van der Waals surface area contributed by atoms with Crippen LogP contribution in [-0.4, -0.2) is 39.9 Å². The minimum atomic E-state index is -0.399. The highest BCUT2D eigenvalue weighted by atomic mass is 32.1. The van der Waals surface area contributed by atoms with E-state index in [1.165, 1.54) is 17.4 Å². The van der Waals surface area contributed by atoms with E-state index < -0.39 is 6.03 Å². The molecule has 208 valence electrons. The summed E-state index contributed by atoms with van der Waals surface area (Å²) in [6, 6.07) is 12.4. The van der Waals surface area contributed by atoms with Crippen molar-refractivity contribution in [3.05, 3.63) is 78.0 Å². The maximum Gasteiger partial charge on any atom is 0.331 e. The van der Waals surface area contributed by atoms with Gasteiger partial charge in [-0.3, -0.25) is 14.5 Å². The first kappa shape index (κ1) is 26.5. The molecule has 0 saturated heterocycles. The quantitative estimate of drug-likeness (QED) is 0.241. The molecule has 3 aromatic heterocycles. The Labute approximate surface area is 240 Å². The second kappa shape index (κ2) is 11.0. The third kappa shape index (κ3) is 5.23. The van der Waals surface area contributed by atoms with Gasteiger partial charge < -0.3 is 20.7 Å². The van der Waals surface area contributed by atoms with Crippen LogP contribution in [0.15, 0.2) is 67.5 Å². The van der Waals surface area contributed by atoms with Gasteiger partial charge >= 0.3 is 6.03 Å². The van der Waals surface area contributed by atoms with Crippen LogP contribution in [0.3, 0.4) is 0 Å². The predicted octanol–water partition coefficient (Wildman–Crippen LogP) is 5.82. The number of amides is 4. The first-order valence-electron chi connectivity index (χ1n) is 13.4. The number of aromatic nitrogens is 2. The zero-order valence-corrected chi connectivity index (χ0v) is 23.2. The van der Waals surface area contributed by atoms with Gasteiger partial charge in [0.1, 0.15) is 15.5 Å². The van der Waals surface area contributed by atoms with Gasteiger partial charge in [-0.05, 0) is 62.4 Å². The van der Waals surface area contributed by atoms with Gasteiger partial charge in [0.25, 0.3) is 5.91 Å². The first-order chi connectivity index (χ1) is 19.9. The number of aryl methyl sites for hydroxylation is 1. The number of anilines is 3. The minimum Gasteiger partial charge on any atom is -0.439 e. The fraction of sp³-hybridized carbons (Fsp3) is 0.233. The average molecular weight is 569 g/mol. The summed E-state index contributed by atoms with van der Waals surface area (Å²) in [6.45, 7) is 5.39. The standard InChI is InChI=1S/C30H28N6O4S/c1-3-23(37)33-18-8-7-9-19(15-18)34-28(38)27-26-25-21(12-13-31-29(25)41-27)36(30(39)35-26)22-16-32-24(14-17(22)2)40-20-10-5-4-6-11-20/h3-6,10-14,16,18-19H,1,7-9,15H2,2H3,(H,33,37)(H,34,38)(H,35,39). The van der Waals surface area contributed by atoms with Crippen molar-refractivity contribution >= 4 is 56.5 Å². The average Bonchev–Trinajstić information content (AvgIpc) is 3.34. The molecule has 2 unspecified atom stereocenters. The molecule has 1 aromatic carbocycles. The molecule has 6 rings (SSSR count). The summed E-state index contributed by atoms with van der Waals surface area (Å²) in [4.78, 5) is 50.2. The van der Waals surface area contributed by atoms with Crippen LogP contribution in [-0.2, 0) is 4.79 Å². The van der Waals surface area contributed by atoms with Crippen LogP contribution in [0.1, 0.15) is 40.9 Å². The molecule has 3 N–H and O–H groups in total. The van der Waals surface area contributed by atoms with Crippen LogP contribution in [0.25, 0.3) is 10.2 Å². The van der Waals surface area contributed by atoms with Gasteiger partial charge in [0.2, 0.25) is 11.8 Å². The Bertz CT molecular complexity index is 1670. The minimum absolute atomic E-state index is 0.0248. The van der Waals surface area contributed by atoms with Crippen LogP contribution in [0.5, 0.6) is 11.6 Å². The molecule has 2 atom stereocenters. The van der Waals surface area contributed by atoms with Crippen molar-refractivity contribution < 1.29 is 19.1 Å². The smallest absolute Gasteiger partial charge is 0.331 e. The van der Waals surface area contributed by atoms with E-state index >= 15 is 0 Å². The molecule has 1 aliphatic heterocycles. The molecule has 1 aliphatic carbocycles. The van der Waals surface area contributed by atoms with Crippen molar-refractivity contribution in [1.29, 1.82) is 0 Å². The summed E-state index contributed by atoms with van der Waals surface area (Å²) in [5.74, 6) is 0.589. The van der Waals surface area contributed by atoms with Crippen LogP contribution in [0.4, 0.5) is 21.9 Å². The third-order valence-corrected chi connectivity index (χ3v) is 8.35. The molecule has 2 aliphatic rings. The maximum absolute atomic E-state index is 13.5. The van der Waals surface area contributed by atoms with Crippen LogP contribution in [0.2, 0.25) is 0 Å². The monoisotopic (exact) mass is 568 g/mol. The van der Waals surface area contributed by atoms with Gasteiger partial charge in [-0.1, -0.05) is 24.8 Å². The summed E-state index contributed by atoms with van der Waals surface area (Å²) >= 11 is 1.24. The molecule has 1 fully saturated rings. The lowest BCUT2D eigenvalue weighted by Gasteiger charge is -2.30. The number of pyridine rings is 2. The number of ether oxygens (including phenoxy) is 1. The highest BCUT2D eigenvalue weighted by Crippen LogP contribution is 2.46. The van der Waals surface area contributed by atoms with Crippen molar-refractivity contribution in [3.63, 3.8) is 0 Å². The highest BCUT2D eigenvalue weighted by Gasteiger charge is 2.34. The first-order valence-corrected chi connectivity index (χ1v) is 14.2. The van der Waals surface area contributed by atoms with E-state index in [-0.39, 0.29) is 23.9 Å². The van der Waals surface area contributed by atoms with E-state index in [0.29, 0.717) is 50.2 Å². The molecular weight excluding hydrogens is 540 g/mol. The number of rotatable bonds is 7. The van der Waals surface area contributed by atoms with Crippen molar-refractivity contribution in [2.24, 2.45) is 0 Å². The lowest BCUT2D eigenvalue weighted by Crippen LogP contribution is -2.45. The molecular formula is C30H28N6O4S. The molecule has 4 amide bonds. The van der Waals surface area contributed by atoms with Gasteiger partial charge in [-0.25, -0.2) is 14.8 Å². The van der Waals surface area contributed by atoms with E-state index in [4.69, 9.17) is 4.74 Å². The third-order valence-electron chi connectivity index (χ3n) is 7.26. The van der Waals surface area contributed by atoms with E-state index in [0.717, 1.165) is 24.8 Å².